The Balaban J connectivity index is 1.73. The van der Waals surface area contributed by atoms with Crippen LogP contribution in [0.5, 0.6) is 0 Å². The van der Waals surface area contributed by atoms with E-state index in [0.717, 1.165) is 5.56 Å². The van der Waals surface area contributed by atoms with Gasteiger partial charge in [-0.2, -0.15) is 0 Å². The van der Waals surface area contributed by atoms with Gasteiger partial charge in [0.2, 0.25) is 11.8 Å². The third-order valence-corrected chi connectivity index (χ3v) is 2.95. The van der Waals surface area contributed by atoms with Gasteiger partial charge in [-0.25, -0.2) is 4.98 Å². The molecule has 0 spiro atoms. The number of furan rings is 1. The summed E-state index contributed by atoms with van der Waals surface area (Å²) in [6.45, 7) is 3.55. The lowest BCUT2D eigenvalue weighted by Gasteiger charge is -2.00. The van der Waals surface area contributed by atoms with Crippen molar-refractivity contribution in [1.82, 2.24) is 10.1 Å². The molecule has 0 saturated heterocycles. The SMILES string of the molecule is Cc1cnoc1NC(=O)Cc1nc(-c2ccco2)oc1C. The monoisotopic (exact) mass is 287 g/mol. The zero-order chi connectivity index (χ0) is 14.8. The molecule has 0 radical (unpaired) electrons. The van der Waals surface area contributed by atoms with Gasteiger partial charge in [0.05, 0.1) is 24.6 Å². The van der Waals surface area contributed by atoms with Crippen LogP contribution in [0.3, 0.4) is 0 Å². The Hall–Kier alpha value is -2.83. The molecule has 3 aromatic heterocycles. The first kappa shape index (κ1) is 13.2. The summed E-state index contributed by atoms with van der Waals surface area (Å²) in [5, 5.41) is 6.24. The standard InChI is InChI=1S/C14H13N3O4/c1-8-7-15-21-13(8)17-12(18)6-10-9(2)20-14(16-10)11-4-3-5-19-11/h3-5,7H,6H2,1-2H3,(H,17,18). The number of nitrogens with one attached hydrogen (secondary N) is 1. The van der Waals surface area contributed by atoms with Crippen LogP contribution in [0, 0.1) is 13.8 Å². The summed E-state index contributed by atoms with van der Waals surface area (Å²) in [6, 6.07) is 3.49. The lowest BCUT2D eigenvalue weighted by atomic mass is 10.2. The van der Waals surface area contributed by atoms with Gasteiger partial charge in [-0.15, -0.1) is 0 Å². The predicted octanol–water partition coefficient (Wildman–Crippen LogP) is 2.72. The van der Waals surface area contributed by atoms with Gasteiger partial charge in [-0.3, -0.25) is 10.1 Å². The number of rotatable bonds is 4. The minimum atomic E-state index is -0.253. The van der Waals surface area contributed by atoms with Crippen molar-refractivity contribution in [3.8, 4) is 11.7 Å². The van der Waals surface area contributed by atoms with E-state index in [1.54, 1.807) is 26.0 Å². The first-order valence-corrected chi connectivity index (χ1v) is 6.35. The smallest absolute Gasteiger partial charge is 0.263 e. The number of hydrogen-bond donors (Lipinski definition) is 1. The molecule has 108 valence electrons. The highest BCUT2D eigenvalue weighted by atomic mass is 16.5. The van der Waals surface area contributed by atoms with E-state index >= 15 is 0 Å². The fourth-order valence-electron chi connectivity index (χ4n) is 1.83. The Morgan fingerprint density at radius 3 is 2.90 bits per heavy atom. The molecule has 0 aliphatic heterocycles. The summed E-state index contributed by atoms with van der Waals surface area (Å²) >= 11 is 0. The number of aromatic nitrogens is 2. The Morgan fingerprint density at radius 2 is 2.24 bits per heavy atom. The van der Waals surface area contributed by atoms with Crippen molar-refractivity contribution in [1.29, 1.82) is 0 Å². The highest BCUT2D eigenvalue weighted by Crippen LogP contribution is 2.22. The van der Waals surface area contributed by atoms with Gasteiger partial charge in [-0.05, 0) is 26.0 Å². The van der Waals surface area contributed by atoms with Crippen LogP contribution in [-0.4, -0.2) is 16.0 Å². The summed E-state index contributed by atoms with van der Waals surface area (Å²) < 4.78 is 15.6. The number of hydrogen-bond acceptors (Lipinski definition) is 6. The topological polar surface area (TPSA) is 94.3 Å². The molecule has 21 heavy (non-hydrogen) atoms. The molecule has 0 atom stereocenters. The highest BCUT2D eigenvalue weighted by Gasteiger charge is 2.17. The largest absolute Gasteiger partial charge is 0.459 e. The maximum Gasteiger partial charge on any atom is 0.263 e. The van der Waals surface area contributed by atoms with E-state index in [1.807, 2.05) is 0 Å². The summed E-state index contributed by atoms with van der Waals surface area (Å²) in [7, 11) is 0. The summed E-state index contributed by atoms with van der Waals surface area (Å²) in [6.07, 6.45) is 3.15. The second-order valence-electron chi connectivity index (χ2n) is 4.56. The van der Waals surface area contributed by atoms with Gasteiger partial charge >= 0.3 is 0 Å². The number of carbonyl (C=O) groups excluding carboxylic acids is 1. The van der Waals surface area contributed by atoms with Gasteiger partial charge < -0.3 is 13.4 Å². The Bertz CT molecular complexity index is 755. The molecule has 0 saturated carbocycles. The zero-order valence-corrected chi connectivity index (χ0v) is 11.5. The molecule has 3 aromatic rings. The number of aryl methyl sites for hydroxylation is 2. The Labute approximate surface area is 119 Å². The quantitative estimate of drug-likeness (QED) is 0.792. The van der Waals surface area contributed by atoms with E-state index in [4.69, 9.17) is 13.4 Å². The predicted molar refractivity (Wildman–Crippen MR) is 72.5 cm³/mol. The molecule has 0 aliphatic rings. The first-order valence-electron chi connectivity index (χ1n) is 6.35. The molecule has 1 amide bonds. The molecular weight excluding hydrogens is 274 g/mol. The van der Waals surface area contributed by atoms with Crippen molar-refractivity contribution < 1.29 is 18.2 Å². The van der Waals surface area contributed by atoms with Crippen molar-refractivity contribution in [3.05, 3.63) is 41.6 Å². The van der Waals surface area contributed by atoms with Crippen LogP contribution < -0.4 is 5.32 Å². The van der Waals surface area contributed by atoms with Crippen LogP contribution in [0.4, 0.5) is 5.88 Å². The third-order valence-electron chi connectivity index (χ3n) is 2.95. The summed E-state index contributed by atoms with van der Waals surface area (Å²) in [4.78, 5) is 16.3. The molecule has 0 bridgehead atoms. The molecule has 3 rings (SSSR count). The fourth-order valence-corrected chi connectivity index (χ4v) is 1.83. The molecule has 7 heteroatoms. The van der Waals surface area contributed by atoms with E-state index in [9.17, 15) is 4.79 Å². The molecule has 3 heterocycles. The lowest BCUT2D eigenvalue weighted by Crippen LogP contribution is -2.15. The molecule has 0 aliphatic carbocycles. The van der Waals surface area contributed by atoms with Gasteiger partial charge in [0, 0.05) is 5.56 Å². The number of oxazole rings is 1. The number of carbonyl (C=O) groups is 1. The highest BCUT2D eigenvalue weighted by molar-refractivity contribution is 5.91. The van der Waals surface area contributed by atoms with Gasteiger partial charge in [0.15, 0.2) is 5.76 Å². The van der Waals surface area contributed by atoms with Crippen LogP contribution in [-0.2, 0) is 11.2 Å². The Kier molecular flexibility index (Phi) is 3.31. The van der Waals surface area contributed by atoms with Crippen molar-refractivity contribution in [2.24, 2.45) is 0 Å². The van der Waals surface area contributed by atoms with Gasteiger partial charge in [-0.1, -0.05) is 5.16 Å². The normalized spacial score (nSPS) is 10.8. The van der Waals surface area contributed by atoms with Crippen molar-refractivity contribution in [3.63, 3.8) is 0 Å². The molecule has 0 aromatic carbocycles. The maximum atomic E-state index is 12.0. The van der Waals surface area contributed by atoms with Crippen LogP contribution in [0.15, 0.2) is 38.0 Å². The summed E-state index contributed by atoms with van der Waals surface area (Å²) in [5.74, 6) is 1.54. The van der Waals surface area contributed by atoms with Crippen LogP contribution in [0.2, 0.25) is 0 Å². The fraction of sp³-hybridized carbons (Fsp3) is 0.214. The van der Waals surface area contributed by atoms with Gasteiger partial charge in [0.1, 0.15) is 5.76 Å². The molecule has 0 unspecified atom stereocenters. The third kappa shape index (κ3) is 2.71. The maximum absolute atomic E-state index is 12.0. The molecular formula is C14H13N3O4. The average Bonchev–Trinajstić information content (AvgIpc) is 3.14. The second-order valence-corrected chi connectivity index (χ2v) is 4.56. The average molecular weight is 287 g/mol. The molecule has 1 N–H and O–H groups in total. The van der Waals surface area contributed by atoms with E-state index < -0.39 is 0 Å². The van der Waals surface area contributed by atoms with E-state index in [1.165, 1.54) is 12.5 Å². The minimum absolute atomic E-state index is 0.0795. The first-order chi connectivity index (χ1) is 10.1. The van der Waals surface area contributed by atoms with E-state index in [-0.39, 0.29) is 12.3 Å². The van der Waals surface area contributed by atoms with Crippen LogP contribution in [0.1, 0.15) is 17.0 Å². The number of anilines is 1. The van der Waals surface area contributed by atoms with Gasteiger partial charge in [0.25, 0.3) is 5.89 Å². The minimum Gasteiger partial charge on any atom is -0.459 e. The second kappa shape index (κ2) is 5.28. The van der Waals surface area contributed by atoms with E-state index in [0.29, 0.717) is 29.0 Å². The van der Waals surface area contributed by atoms with Crippen LogP contribution in [0.25, 0.3) is 11.7 Å². The molecule has 0 fully saturated rings. The lowest BCUT2D eigenvalue weighted by molar-refractivity contribution is -0.115. The number of amides is 1. The van der Waals surface area contributed by atoms with Crippen LogP contribution >= 0.6 is 0 Å². The number of nitrogens with zero attached hydrogens (tertiary/aromatic N) is 2. The van der Waals surface area contributed by atoms with Crippen molar-refractivity contribution in [2.75, 3.05) is 5.32 Å². The molecule has 7 nitrogen and oxygen atoms in total. The van der Waals surface area contributed by atoms with Crippen molar-refractivity contribution >= 4 is 11.8 Å². The Morgan fingerprint density at radius 1 is 1.38 bits per heavy atom. The van der Waals surface area contributed by atoms with E-state index in [2.05, 4.69) is 15.5 Å². The zero-order valence-electron chi connectivity index (χ0n) is 11.5. The van der Waals surface area contributed by atoms with Crippen molar-refractivity contribution in [2.45, 2.75) is 20.3 Å². The summed E-state index contributed by atoms with van der Waals surface area (Å²) in [5.41, 5.74) is 1.31.